The number of fused-ring (bicyclic) bond motifs is 4. The normalized spacial score (nSPS) is 24.8. The molecule has 0 fully saturated rings. The van der Waals surface area contributed by atoms with Crippen LogP contribution in [0.5, 0.6) is 0 Å². The Morgan fingerprint density at radius 2 is 1.76 bits per heavy atom. The number of aliphatic hydroxyl groups excluding tert-OH is 1. The smallest absolute Gasteiger partial charge is 0.305 e. The summed E-state index contributed by atoms with van der Waals surface area (Å²) in [5.41, 5.74) is 11.2. The molecule has 6 rings (SSSR count). The summed E-state index contributed by atoms with van der Waals surface area (Å²) in [4.78, 5) is 58.6. The van der Waals surface area contributed by atoms with E-state index in [-0.39, 0.29) is 36.4 Å². The Balaban J connectivity index is 1.67. The molecule has 8 bridgehead atoms. The second kappa shape index (κ2) is 11.5. The predicted octanol–water partition coefficient (Wildman–Crippen LogP) is 5.60. The molecule has 0 unspecified atom stereocenters. The summed E-state index contributed by atoms with van der Waals surface area (Å²) in [5.74, 6) is -0.498. The zero-order valence-corrected chi connectivity index (χ0v) is 26.9. The van der Waals surface area contributed by atoms with Crippen LogP contribution in [0.2, 0.25) is 0 Å². The SMILES string of the molecule is CCC1=C(C=O)C2=NC1=CC1=NC3=C(CC(=O)C3=C1CC)C1=NC(=C(C)C3=NC(=C2)C([C@@H](C)O)=C3C)[C@@H](C)[C@@H]1CCC(=O)OC. The van der Waals surface area contributed by atoms with Gasteiger partial charge in [0.05, 0.1) is 53.2 Å². The second-order valence-corrected chi connectivity index (χ2v) is 12.2. The van der Waals surface area contributed by atoms with Crippen LogP contribution in [0, 0.1) is 11.8 Å². The number of allylic oxidation sites excluding steroid dienone is 10. The van der Waals surface area contributed by atoms with Crippen LogP contribution in [0.15, 0.2) is 99.5 Å². The van der Waals surface area contributed by atoms with Crippen molar-refractivity contribution in [2.24, 2.45) is 31.8 Å². The molecule has 0 amide bonds. The van der Waals surface area contributed by atoms with Crippen LogP contribution in [0.3, 0.4) is 0 Å². The van der Waals surface area contributed by atoms with Gasteiger partial charge >= 0.3 is 5.97 Å². The van der Waals surface area contributed by atoms with Gasteiger partial charge in [-0.15, -0.1) is 0 Å². The van der Waals surface area contributed by atoms with Gasteiger partial charge in [-0.3, -0.25) is 19.4 Å². The van der Waals surface area contributed by atoms with Gasteiger partial charge in [-0.2, -0.15) is 0 Å². The Bertz CT molecular complexity index is 1830. The fraction of sp³-hybridized carbons (Fsp3) is 0.417. The van der Waals surface area contributed by atoms with E-state index in [1.807, 2.05) is 33.8 Å². The lowest BCUT2D eigenvalue weighted by atomic mass is 9.82. The number of aliphatic imine (C=N–C) groups is 4. The first-order valence-corrected chi connectivity index (χ1v) is 15.7. The fourth-order valence-electron chi connectivity index (χ4n) is 7.53. The molecule has 0 aromatic rings. The number of nitrogens with zero attached hydrogens (tertiary/aromatic N) is 4. The first kappa shape index (κ1) is 30.6. The number of ketones is 1. The number of ether oxygens (including phenoxy) is 1. The summed E-state index contributed by atoms with van der Waals surface area (Å²) in [6.45, 7) is 11.7. The number of carbonyl (C=O) groups is 3. The maximum atomic E-state index is 13.6. The number of hydrogen-bond donors (Lipinski definition) is 1. The summed E-state index contributed by atoms with van der Waals surface area (Å²) in [7, 11) is 1.39. The highest BCUT2D eigenvalue weighted by Crippen LogP contribution is 2.46. The quantitative estimate of drug-likeness (QED) is 0.298. The van der Waals surface area contributed by atoms with Gasteiger partial charge in [0.2, 0.25) is 0 Å². The monoisotopic (exact) mass is 606 g/mol. The average Bonchev–Trinajstić information content (AvgIpc) is 3.79. The van der Waals surface area contributed by atoms with Crippen molar-refractivity contribution in [3.05, 3.63) is 79.5 Å². The van der Waals surface area contributed by atoms with E-state index in [2.05, 4.69) is 6.92 Å². The van der Waals surface area contributed by atoms with Gasteiger partial charge in [0.25, 0.3) is 0 Å². The number of aliphatic hydroxyl groups is 1. The first-order chi connectivity index (χ1) is 21.5. The Kier molecular flexibility index (Phi) is 7.85. The predicted molar refractivity (Wildman–Crippen MR) is 174 cm³/mol. The van der Waals surface area contributed by atoms with Crippen LogP contribution in [0.25, 0.3) is 0 Å². The lowest BCUT2D eigenvalue weighted by Gasteiger charge is -2.19. The van der Waals surface area contributed by atoms with Gasteiger partial charge in [0.1, 0.15) is 0 Å². The summed E-state index contributed by atoms with van der Waals surface area (Å²) in [6, 6.07) is 0. The lowest BCUT2D eigenvalue weighted by molar-refractivity contribution is -0.140. The van der Waals surface area contributed by atoms with Crippen molar-refractivity contribution in [1.29, 1.82) is 0 Å². The topological polar surface area (TPSA) is 130 Å². The van der Waals surface area contributed by atoms with Crippen LogP contribution >= 0.6 is 0 Å². The van der Waals surface area contributed by atoms with Crippen molar-refractivity contribution in [2.75, 3.05) is 7.11 Å². The van der Waals surface area contributed by atoms with E-state index in [9.17, 15) is 19.5 Å². The molecule has 0 radical (unpaired) electrons. The molecule has 5 aliphatic heterocycles. The molecule has 0 saturated heterocycles. The minimum Gasteiger partial charge on any atom is -0.469 e. The highest BCUT2D eigenvalue weighted by atomic mass is 16.5. The Labute approximate surface area is 263 Å². The third kappa shape index (κ3) is 4.76. The third-order valence-corrected chi connectivity index (χ3v) is 9.75. The molecular formula is C36H38N4O5. The van der Waals surface area contributed by atoms with E-state index < -0.39 is 6.10 Å². The number of Topliss-reactive ketones (excluding diaryl/α,β-unsaturated/α-hetero) is 1. The van der Waals surface area contributed by atoms with E-state index in [1.165, 1.54) is 7.11 Å². The molecular weight excluding hydrogens is 568 g/mol. The number of aldehydes is 1. The van der Waals surface area contributed by atoms with Gasteiger partial charge in [0, 0.05) is 52.7 Å². The van der Waals surface area contributed by atoms with Gasteiger partial charge in [-0.1, -0.05) is 20.8 Å². The molecule has 1 N–H and O–H groups in total. The van der Waals surface area contributed by atoms with Gasteiger partial charge in [0.15, 0.2) is 12.1 Å². The van der Waals surface area contributed by atoms with E-state index in [1.54, 1.807) is 13.0 Å². The average molecular weight is 607 g/mol. The Morgan fingerprint density at radius 1 is 1.04 bits per heavy atom. The van der Waals surface area contributed by atoms with Crippen molar-refractivity contribution in [3.8, 4) is 0 Å². The lowest BCUT2D eigenvalue weighted by Crippen LogP contribution is -2.21. The molecule has 6 aliphatic rings. The minimum atomic E-state index is -0.811. The summed E-state index contributed by atoms with van der Waals surface area (Å²) in [6.07, 6.45) is 5.78. The molecule has 0 aromatic carbocycles. The standard InChI is InChI=1S/C36H38N4O5/c1-8-20-24(15-41)27-14-28-31(19(6)42)17(4)34(39-28)18(5)33-16(3)22(10-11-30(44)45-7)35(40-33)23-12-29(43)32-21(9-2)26(38-36(23)32)13-25(20)37-27/h13-16,19,22,42H,8-12H2,1-7H3/t16-,19+,22-/m0/s1. The molecule has 9 heteroatoms. The number of carbonyl (C=O) groups excluding carboxylic acids is 3. The van der Waals surface area contributed by atoms with Crippen molar-refractivity contribution < 1.29 is 24.2 Å². The molecule has 5 heterocycles. The van der Waals surface area contributed by atoms with Crippen molar-refractivity contribution in [3.63, 3.8) is 0 Å². The van der Waals surface area contributed by atoms with E-state index in [4.69, 9.17) is 24.7 Å². The second-order valence-electron chi connectivity index (χ2n) is 12.2. The van der Waals surface area contributed by atoms with Gasteiger partial charge < -0.3 is 9.84 Å². The highest BCUT2D eigenvalue weighted by molar-refractivity contribution is 6.28. The molecule has 3 atom stereocenters. The third-order valence-electron chi connectivity index (χ3n) is 9.75. The van der Waals surface area contributed by atoms with Crippen molar-refractivity contribution in [2.45, 2.75) is 79.8 Å². The Hall–Kier alpha value is -4.37. The highest BCUT2D eigenvalue weighted by Gasteiger charge is 2.43. The van der Waals surface area contributed by atoms with Crippen LogP contribution < -0.4 is 0 Å². The summed E-state index contributed by atoms with van der Waals surface area (Å²) in [5, 5.41) is 10.9. The Morgan fingerprint density at radius 3 is 2.40 bits per heavy atom. The molecule has 45 heavy (non-hydrogen) atoms. The van der Waals surface area contributed by atoms with E-state index >= 15 is 0 Å². The summed E-state index contributed by atoms with van der Waals surface area (Å²) >= 11 is 0. The maximum Gasteiger partial charge on any atom is 0.305 e. The van der Waals surface area contributed by atoms with Gasteiger partial charge in [-0.25, -0.2) is 15.0 Å². The van der Waals surface area contributed by atoms with E-state index in [0.717, 1.165) is 45.6 Å². The molecule has 0 spiro atoms. The molecule has 0 aromatic heterocycles. The number of esters is 1. The largest absolute Gasteiger partial charge is 0.469 e. The van der Waals surface area contributed by atoms with Crippen LogP contribution in [-0.4, -0.2) is 59.2 Å². The number of hydrogen-bond acceptors (Lipinski definition) is 9. The zero-order chi connectivity index (χ0) is 32.3. The van der Waals surface area contributed by atoms with Crippen molar-refractivity contribution >= 4 is 40.9 Å². The molecule has 9 nitrogen and oxygen atoms in total. The molecule has 0 saturated carbocycles. The van der Waals surface area contributed by atoms with Crippen LogP contribution in [-0.2, 0) is 19.1 Å². The van der Waals surface area contributed by atoms with E-state index in [0.29, 0.717) is 70.2 Å². The number of methoxy groups -OCH3 is 1. The molecule has 1 aliphatic carbocycles. The van der Waals surface area contributed by atoms with Crippen LogP contribution in [0.1, 0.15) is 73.6 Å². The molecule has 232 valence electrons. The summed E-state index contributed by atoms with van der Waals surface area (Å²) < 4.78 is 4.97. The number of rotatable bonds is 7. The first-order valence-electron chi connectivity index (χ1n) is 15.7. The zero-order valence-electron chi connectivity index (χ0n) is 26.9. The van der Waals surface area contributed by atoms with Crippen molar-refractivity contribution in [1.82, 2.24) is 0 Å². The van der Waals surface area contributed by atoms with Crippen LogP contribution in [0.4, 0.5) is 0 Å². The minimum absolute atomic E-state index is 0.00915. The maximum absolute atomic E-state index is 13.6. The fourth-order valence-corrected chi connectivity index (χ4v) is 7.53. The van der Waals surface area contributed by atoms with Gasteiger partial charge in [-0.05, 0) is 74.5 Å².